The van der Waals surface area contributed by atoms with Crippen LogP contribution >= 0.6 is 0 Å². The van der Waals surface area contributed by atoms with Gasteiger partial charge in [0.05, 0.1) is 11.4 Å². The zero-order valence-corrected chi connectivity index (χ0v) is 14.8. The van der Waals surface area contributed by atoms with Crippen molar-refractivity contribution < 1.29 is 9.90 Å². The van der Waals surface area contributed by atoms with E-state index in [-0.39, 0.29) is 0 Å². The van der Waals surface area contributed by atoms with E-state index in [1.165, 1.54) is 0 Å². The van der Waals surface area contributed by atoms with Crippen molar-refractivity contribution in [3.05, 3.63) is 70.9 Å². The predicted molar refractivity (Wildman–Crippen MR) is 99.4 cm³/mol. The van der Waals surface area contributed by atoms with E-state index < -0.39 is 5.97 Å². The Morgan fingerprint density at radius 2 is 1.56 bits per heavy atom. The second-order valence-corrected chi connectivity index (χ2v) is 6.34. The van der Waals surface area contributed by atoms with Gasteiger partial charge in [0.1, 0.15) is 11.3 Å². The summed E-state index contributed by atoms with van der Waals surface area (Å²) < 4.78 is 1.78. The molecule has 0 amide bonds. The highest BCUT2D eigenvalue weighted by molar-refractivity contribution is 5.96. The van der Waals surface area contributed by atoms with E-state index >= 15 is 0 Å². The summed E-state index contributed by atoms with van der Waals surface area (Å²) in [6, 6.07) is 15.8. The fourth-order valence-electron chi connectivity index (χ4n) is 2.96. The van der Waals surface area contributed by atoms with E-state index in [9.17, 15) is 9.90 Å². The number of carbonyl (C=O) groups is 1. The lowest BCUT2D eigenvalue weighted by Crippen LogP contribution is -2.06. The van der Waals surface area contributed by atoms with Gasteiger partial charge >= 0.3 is 5.97 Å². The molecule has 3 rings (SSSR count). The quantitative estimate of drug-likeness (QED) is 0.728. The molecular formula is C21H22N2O2. The maximum absolute atomic E-state index is 12.0. The third-order valence-corrected chi connectivity index (χ3v) is 4.29. The van der Waals surface area contributed by atoms with Crippen LogP contribution < -0.4 is 0 Å². The van der Waals surface area contributed by atoms with Crippen molar-refractivity contribution in [1.82, 2.24) is 9.78 Å². The first-order valence-electron chi connectivity index (χ1n) is 8.50. The fourth-order valence-corrected chi connectivity index (χ4v) is 2.96. The molecule has 1 aromatic heterocycles. The molecule has 128 valence electrons. The molecule has 0 fully saturated rings. The first-order valence-corrected chi connectivity index (χ1v) is 8.50. The summed E-state index contributed by atoms with van der Waals surface area (Å²) in [4.78, 5) is 12.0. The van der Waals surface area contributed by atoms with Crippen molar-refractivity contribution >= 4 is 5.97 Å². The number of nitrogens with zero attached hydrogens (tertiary/aromatic N) is 2. The van der Waals surface area contributed by atoms with Gasteiger partial charge in [0.25, 0.3) is 0 Å². The Kier molecular flexibility index (Phi) is 4.70. The molecule has 2 aromatic carbocycles. The largest absolute Gasteiger partial charge is 0.478 e. The molecule has 0 aliphatic heterocycles. The van der Waals surface area contributed by atoms with E-state index in [2.05, 4.69) is 5.10 Å². The minimum Gasteiger partial charge on any atom is -0.478 e. The van der Waals surface area contributed by atoms with Crippen molar-refractivity contribution in [2.45, 2.75) is 33.6 Å². The van der Waals surface area contributed by atoms with Gasteiger partial charge < -0.3 is 5.11 Å². The lowest BCUT2D eigenvalue weighted by Gasteiger charge is -2.07. The lowest BCUT2D eigenvalue weighted by atomic mass is 10.0. The number of hydrogen-bond donors (Lipinski definition) is 1. The second kappa shape index (κ2) is 6.93. The maximum Gasteiger partial charge on any atom is 0.339 e. The number of aryl methyl sites for hydroxylation is 2. The predicted octanol–water partition coefficient (Wildman–Crippen LogP) is 4.81. The summed E-state index contributed by atoms with van der Waals surface area (Å²) in [5, 5.41) is 14.5. The zero-order chi connectivity index (χ0) is 18.0. The Labute approximate surface area is 147 Å². The van der Waals surface area contributed by atoms with Crippen LogP contribution in [0.5, 0.6) is 0 Å². The highest BCUT2D eigenvalue weighted by Gasteiger charge is 2.24. The van der Waals surface area contributed by atoms with Gasteiger partial charge in [-0.2, -0.15) is 5.10 Å². The molecule has 0 atom stereocenters. The SMILES string of the molecule is CCCc1c(C(=O)O)c(-c2ccc(C)cc2)nn1-c1ccc(C)cc1. The zero-order valence-electron chi connectivity index (χ0n) is 14.8. The third-order valence-electron chi connectivity index (χ3n) is 4.29. The highest BCUT2D eigenvalue weighted by Crippen LogP contribution is 2.29. The van der Waals surface area contributed by atoms with Crippen molar-refractivity contribution in [3.8, 4) is 16.9 Å². The van der Waals surface area contributed by atoms with Gasteiger partial charge in [-0.05, 0) is 32.4 Å². The smallest absolute Gasteiger partial charge is 0.339 e. The van der Waals surface area contributed by atoms with Gasteiger partial charge in [0, 0.05) is 5.56 Å². The van der Waals surface area contributed by atoms with Crippen LogP contribution in [-0.2, 0) is 6.42 Å². The number of carboxylic acids is 1. The first kappa shape index (κ1) is 17.0. The van der Waals surface area contributed by atoms with E-state index in [1.54, 1.807) is 4.68 Å². The van der Waals surface area contributed by atoms with Gasteiger partial charge in [0.15, 0.2) is 0 Å². The molecule has 1 N–H and O–H groups in total. The molecule has 3 aromatic rings. The monoisotopic (exact) mass is 334 g/mol. The molecule has 0 spiro atoms. The summed E-state index contributed by atoms with van der Waals surface area (Å²) in [7, 11) is 0. The van der Waals surface area contributed by atoms with Crippen LogP contribution in [0.1, 0.15) is 40.5 Å². The Bertz CT molecular complexity index is 891. The van der Waals surface area contributed by atoms with E-state index in [4.69, 9.17) is 0 Å². The van der Waals surface area contributed by atoms with E-state index in [0.717, 1.165) is 34.5 Å². The van der Waals surface area contributed by atoms with Crippen LogP contribution in [-0.4, -0.2) is 20.9 Å². The Morgan fingerprint density at radius 3 is 2.08 bits per heavy atom. The topological polar surface area (TPSA) is 55.1 Å². The average Bonchev–Trinajstić information content (AvgIpc) is 2.96. The van der Waals surface area contributed by atoms with Crippen molar-refractivity contribution in [1.29, 1.82) is 0 Å². The van der Waals surface area contributed by atoms with Crippen molar-refractivity contribution in [3.63, 3.8) is 0 Å². The Morgan fingerprint density at radius 1 is 1.00 bits per heavy atom. The van der Waals surface area contributed by atoms with Gasteiger partial charge in [-0.3, -0.25) is 0 Å². The minimum absolute atomic E-state index is 0.297. The lowest BCUT2D eigenvalue weighted by molar-refractivity contribution is 0.0696. The fraction of sp³-hybridized carbons (Fsp3) is 0.238. The third kappa shape index (κ3) is 3.33. The number of rotatable bonds is 5. The first-order chi connectivity index (χ1) is 12.0. The number of carboxylic acid groups (broad SMARTS) is 1. The maximum atomic E-state index is 12.0. The molecule has 0 radical (unpaired) electrons. The second-order valence-electron chi connectivity index (χ2n) is 6.34. The molecule has 25 heavy (non-hydrogen) atoms. The van der Waals surface area contributed by atoms with Crippen LogP contribution in [0.25, 0.3) is 16.9 Å². The van der Waals surface area contributed by atoms with Crippen LogP contribution in [0.15, 0.2) is 48.5 Å². The highest BCUT2D eigenvalue weighted by atomic mass is 16.4. The summed E-state index contributed by atoms with van der Waals surface area (Å²) in [6.07, 6.45) is 1.51. The van der Waals surface area contributed by atoms with Crippen LogP contribution in [0.4, 0.5) is 0 Å². The van der Waals surface area contributed by atoms with Crippen LogP contribution in [0, 0.1) is 13.8 Å². The number of hydrogen-bond acceptors (Lipinski definition) is 2. The van der Waals surface area contributed by atoms with Gasteiger partial charge in [-0.15, -0.1) is 0 Å². The molecule has 0 saturated heterocycles. The summed E-state index contributed by atoms with van der Waals surface area (Å²) in [5.41, 5.74) is 5.57. The average molecular weight is 334 g/mol. The number of benzene rings is 2. The molecule has 0 aliphatic carbocycles. The summed E-state index contributed by atoms with van der Waals surface area (Å²) in [6.45, 7) is 6.08. The molecule has 0 aliphatic rings. The summed E-state index contributed by atoms with van der Waals surface area (Å²) >= 11 is 0. The number of aromatic nitrogens is 2. The normalized spacial score (nSPS) is 10.8. The Hall–Kier alpha value is -2.88. The van der Waals surface area contributed by atoms with Crippen molar-refractivity contribution in [2.75, 3.05) is 0 Å². The molecule has 0 saturated carbocycles. The Balaban J connectivity index is 2.24. The minimum atomic E-state index is -0.933. The van der Waals surface area contributed by atoms with Crippen LogP contribution in [0.2, 0.25) is 0 Å². The van der Waals surface area contributed by atoms with Crippen molar-refractivity contribution in [2.24, 2.45) is 0 Å². The molecule has 0 bridgehead atoms. The molecule has 4 heteroatoms. The molecule has 1 heterocycles. The molecule has 4 nitrogen and oxygen atoms in total. The summed E-state index contributed by atoms with van der Waals surface area (Å²) in [5.74, 6) is -0.933. The van der Waals surface area contributed by atoms with Gasteiger partial charge in [-0.25, -0.2) is 9.48 Å². The van der Waals surface area contributed by atoms with E-state index in [0.29, 0.717) is 17.7 Å². The molecule has 0 unspecified atom stereocenters. The van der Waals surface area contributed by atoms with Gasteiger partial charge in [0.2, 0.25) is 0 Å². The standard InChI is InChI=1S/C21H22N2O2/c1-4-5-18-19(21(24)25)20(16-10-6-14(2)7-11-16)22-23(18)17-12-8-15(3)9-13-17/h6-13H,4-5H2,1-3H3,(H,24,25). The van der Waals surface area contributed by atoms with Crippen LogP contribution in [0.3, 0.4) is 0 Å². The van der Waals surface area contributed by atoms with Gasteiger partial charge in [-0.1, -0.05) is 60.9 Å². The number of aromatic carboxylic acids is 1. The molecular weight excluding hydrogens is 312 g/mol. The van der Waals surface area contributed by atoms with E-state index in [1.807, 2.05) is 69.3 Å².